The maximum Gasteiger partial charge on any atom is 0.302 e. The third-order valence-corrected chi connectivity index (χ3v) is 6.12. The minimum Gasteiger partial charge on any atom is -0.493 e. The van der Waals surface area contributed by atoms with Crippen molar-refractivity contribution in [1.82, 2.24) is 0 Å². The van der Waals surface area contributed by atoms with E-state index in [0.29, 0.717) is 0 Å². The van der Waals surface area contributed by atoms with Crippen LogP contribution in [0.2, 0.25) is 0 Å². The predicted octanol–water partition coefficient (Wildman–Crippen LogP) is 0.246. The van der Waals surface area contributed by atoms with Gasteiger partial charge in [-0.3, -0.25) is 4.79 Å². The average molecular weight is 435 g/mol. The molecule has 1 heterocycles. The fraction of sp³-hybridized carbons (Fsp3) is 0.211. The van der Waals surface area contributed by atoms with Crippen LogP contribution in [0.4, 0.5) is 0 Å². The fourth-order valence-electron chi connectivity index (χ4n) is 3.00. The van der Waals surface area contributed by atoms with Crippen LogP contribution in [0, 0.1) is 0 Å². The second-order valence-electron chi connectivity index (χ2n) is 6.60. The number of rotatable bonds is 7. The lowest BCUT2D eigenvalue weighted by Crippen LogP contribution is -2.40. The van der Waals surface area contributed by atoms with Crippen LogP contribution < -0.4 is 15.2 Å². The van der Waals surface area contributed by atoms with Crippen LogP contribution in [0.15, 0.2) is 60.2 Å². The van der Waals surface area contributed by atoms with E-state index in [4.69, 9.17) is 47.7 Å². The Hall–Kier alpha value is -3.01. The fourth-order valence-corrected chi connectivity index (χ4v) is 3.94. The maximum absolute atomic E-state index is 13.1. The molecular weight excluding hydrogens is 419 g/mol. The molecule has 3 rings (SSSR count). The summed E-state index contributed by atoms with van der Waals surface area (Å²) in [6.45, 7) is 0. The Kier molecular flexibility index (Phi) is 5.79. The van der Waals surface area contributed by atoms with Crippen molar-refractivity contribution in [2.45, 2.75) is 10.0 Å². The standard InChI is InChI=1S/C19H16B3NO7S/c1-27-13-10-6-9-12(14(13)28-2)18(20)16(24)15(17(23)29-18)30-31(25,26)19(21,22)11-7-4-3-5-8-11/h3-10H,23H2,1-2H3. The van der Waals surface area contributed by atoms with Gasteiger partial charge in [-0.05, 0) is 11.6 Å². The number of methoxy groups -OCH3 is 2. The summed E-state index contributed by atoms with van der Waals surface area (Å²) < 4.78 is 43.9. The van der Waals surface area contributed by atoms with Crippen LogP contribution in [-0.4, -0.2) is 52.0 Å². The molecule has 0 bridgehead atoms. The van der Waals surface area contributed by atoms with E-state index < -0.39 is 37.6 Å². The van der Waals surface area contributed by atoms with Crippen LogP contribution in [-0.2, 0) is 33.9 Å². The molecule has 1 aliphatic heterocycles. The highest BCUT2D eigenvalue weighted by molar-refractivity contribution is 7.90. The highest BCUT2D eigenvalue weighted by Gasteiger charge is 2.51. The van der Waals surface area contributed by atoms with E-state index in [1.54, 1.807) is 12.1 Å². The largest absolute Gasteiger partial charge is 0.493 e. The van der Waals surface area contributed by atoms with Crippen molar-refractivity contribution in [3.05, 3.63) is 71.3 Å². The van der Waals surface area contributed by atoms with Crippen LogP contribution in [0.3, 0.4) is 0 Å². The second kappa shape index (κ2) is 7.92. The molecule has 2 aromatic rings. The van der Waals surface area contributed by atoms with Crippen molar-refractivity contribution in [1.29, 1.82) is 0 Å². The first-order chi connectivity index (χ1) is 14.5. The summed E-state index contributed by atoms with van der Waals surface area (Å²) in [4.78, 5) is 13.1. The van der Waals surface area contributed by atoms with Gasteiger partial charge in [-0.15, -0.1) is 0 Å². The first-order valence-corrected chi connectivity index (χ1v) is 10.2. The van der Waals surface area contributed by atoms with Gasteiger partial charge in [0.2, 0.25) is 17.4 Å². The summed E-state index contributed by atoms with van der Waals surface area (Å²) in [6, 6.07) is 12.0. The summed E-state index contributed by atoms with van der Waals surface area (Å²) in [5.74, 6) is -2.25. The average Bonchev–Trinajstić information content (AvgIpc) is 2.97. The van der Waals surface area contributed by atoms with E-state index >= 15 is 0 Å². The van der Waals surface area contributed by atoms with E-state index in [0.717, 1.165) is 0 Å². The van der Waals surface area contributed by atoms with Crippen molar-refractivity contribution in [2.75, 3.05) is 14.2 Å². The molecule has 0 fully saturated rings. The van der Waals surface area contributed by atoms with Gasteiger partial charge in [0.1, 0.15) is 0 Å². The quantitative estimate of drug-likeness (QED) is 0.487. The van der Waals surface area contributed by atoms with E-state index in [1.165, 1.54) is 50.6 Å². The molecule has 154 valence electrons. The number of ketones is 1. The Labute approximate surface area is 184 Å². The molecule has 0 saturated carbocycles. The van der Waals surface area contributed by atoms with Crippen molar-refractivity contribution >= 4 is 39.4 Å². The van der Waals surface area contributed by atoms with Gasteiger partial charge in [0, 0.05) is 5.56 Å². The van der Waals surface area contributed by atoms with E-state index in [9.17, 15) is 13.2 Å². The zero-order chi connectivity index (χ0) is 23.0. The topological polar surface area (TPSA) is 114 Å². The van der Waals surface area contributed by atoms with Gasteiger partial charge in [0.15, 0.2) is 24.8 Å². The van der Waals surface area contributed by atoms with Crippen LogP contribution in [0.25, 0.3) is 0 Å². The zero-order valence-electron chi connectivity index (χ0n) is 16.7. The third kappa shape index (κ3) is 3.65. The molecule has 2 aromatic carbocycles. The molecule has 0 saturated heterocycles. The predicted molar refractivity (Wildman–Crippen MR) is 114 cm³/mol. The van der Waals surface area contributed by atoms with Gasteiger partial charge >= 0.3 is 10.1 Å². The van der Waals surface area contributed by atoms with E-state index in [2.05, 4.69) is 0 Å². The molecule has 0 amide bonds. The summed E-state index contributed by atoms with van der Waals surface area (Å²) in [5.41, 5.74) is 3.56. The van der Waals surface area contributed by atoms with E-state index in [-0.39, 0.29) is 22.6 Å². The molecule has 1 aliphatic rings. The summed E-state index contributed by atoms with van der Waals surface area (Å²) in [6.07, 6.45) is 0. The minimum absolute atomic E-state index is 0.0222. The molecule has 6 radical (unpaired) electrons. The molecular formula is C19H16B3NO7S. The number of para-hydroxylation sites is 1. The molecule has 12 heteroatoms. The summed E-state index contributed by atoms with van der Waals surface area (Å²) in [5, 5.41) is 0. The number of carbonyl (C=O) groups excluding carboxylic acids is 1. The van der Waals surface area contributed by atoms with Crippen molar-refractivity contribution in [3.63, 3.8) is 0 Å². The lowest BCUT2D eigenvalue weighted by molar-refractivity contribution is -0.126. The molecule has 1 unspecified atom stereocenters. The number of hydrogen-bond donors (Lipinski definition) is 1. The number of benzene rings is 2. The zero-order valence-corrected chi connectivity index (χ0v) is 17.5. The Morgan fingerprint density at radius 2 is 1.68 bits per heavy atom. The Balaban J connectivity index is 1.99. The Morgan fingerprint density at radius 1 is 1.03 bits per heavy atom. The molecule has 0 aromatic heterocycles. The first-order valence-electron chi connectivity index (χ1n) is 8.80. The molecule has 0 spiro atoms. The van der Waals surface area contributed by atoms with Gasteiger partial charge in [-0.25, -0.2) is 0 Å². The van der Waals surface area contributed by atoms with Crippen molar-refractivity contribution in [2.24, 2.45) is 5.73 Å². The second-order valence-corrected chi connectivity index (χ2v) is 8.35. The minimum atomic E-state index is -4.82. The lowest BCUT2D eigenvalue weighted by atomic mass is 9.65. The molecule has 0 aliphatic carbocycles. The van der Waals surface area contributed by atoms with Gasteiger partial charge < -0.3 is 24.1 Å². The monoisotopic (exact) mass is 435 g/mol. The first kappa shape index (κ1) is 22.7. The summed E-state index contributed by atoms with van der Waals surface area (Å²) in [7, 11) is 15.7. The Morgan fingerprint density at radius 3 is 2.26 bits per heavy atom. The maximum atomic E-state index is 13.1. The van der Waals surface area contributed by atoms with E-state index in [1.807, 2.05) is 0 Å². The van der Waals surface area contributed by atoms with Crippen molar-refractivity contribution in [3.8, 4) is 11.5 Å². The van der Waals surface area contributed by atoms with Crippen LogP contribution >= 0.6 is 0 Å². The van der Waals surface area contributed by atoms with Gasteiger partial charge in [0.25, 0.3) is 0 Å². The molecule has 2 N–H and O–H groups in total. The number of Topliss-reactive ketones (excluding diaryl/α,β-unsaturated/α-hetero) is 1. The van der Waals surface area contributed by atoms with Crippen LogP contribution in [0.1, 0.15) is 11.1 Å². The smallest absolute Gasteiger partial charge is 0.302 e. The Bertz CT molecular complexity index is 1150. The van der Waals surface area contributed by atoms with Gasteiger partial charge in [-0.1, -0.05) is 42.5 Å². The molecule has 8 nitrogen and oxygen atoms in total. The highest BCUT2D eigenvalue weighted by Crippen LogP contribution is 2.44. The molecule has 31 heavy (non-hydrogen) atoms. The van der Waals surface area contributed by atoms with Crippen molar-refractivity contribution < 1.29 is 31.6 Å². The lowest BCUT2D eigenvalue weighted by Gasteiger charge is -2.27. The third-order valence-electron chi connectivity index (χ3n) is 4.67. The number of hydrogen-bond acceptors (Lipinski definition) is 8. The molecule has 1 atom stereocenters. The SMILES string of the molecule is [B]C1(c2cccc(OC)c2OC)OC(N)=C(OS(=O)(=O)C([B])([B])c2ccccc2)C1=O. The van der Waals surface area contributed by atoms with Gasteiger partial charge in [0.05, 0.1) is 34.5 Å². The number of nitrogens with two attached hydrogens (primary N) is 1. The van der Waals surface area contributed by atoms with Gasteiger partial charge in [-0.2, -0.15) is 8.42 Å². The number of ether oxygens (including phenoxy) is 3. The normalized spacial score (nSPS) is 19.1. The van der Waals surface area contributed by atoms with Crippen LogP contribution in [0.5, 0.6) is 11.5 Å². The summed E-state index contributed by atoms with van der Waals surface area (Å²) >= 11 is 0. The highest BCUT2D eigenvalue weighted by atomic mass is 32.2. The number of carbonyl (C=O) groups is 1.